The van der Waals surface area contributed by atoms with Gasteiger partial charge >= 0.3 is 5.97 Å². The molecule has 166 valence electrons. The van der Waals surface area contributed by atoms with Crippen LogP contribution in [0.3, 0.4) is 0 Å². The Labute approximate surface area is 175 Å². The second kappa shape index (κ2) is 15.0. The average molecular weight is 421 g/mol. The number of likely N-dealkylation sites (N-methyl/N-ethyl adjacent to an activating group) is 1. The van der Waals surface area contributed by atoms with Crippen LogP contribution in [0.2, 0.25) is 0 Å². The van der Waals surface area contributed by atoms with E-state index < -0.39 is 18.1 Å². The smallest absolute Gasteiger partial charge is 0.326 e. The van der Waals surface area contributed by atoms with Gasteiger partial charge in [0.25, 0.3) is 0 Å². The number of aliphatic carboxylic acids is 1. The first kappa shape index (κ1) is 27.1. The van der Waals surface area contributed by atoms with Crippen LogP contribution in [0, 0.1) is 5.92 Å². The monoisotopic (exact) mass is 420 g/mol. The fourth-order valence-electron chi connectivity index (χ4n) is 3.01. The molecule has 0 aliphatic carbocycles. The fraction of sp³-hybridized carbons (Fsp3) is 0.895. The quantitative estimate of drug-likeness (QED) is 0.198. The number of carbonyl (C=O) groups excluding carboxylic acids is 1. The highest BCUT2D eigenvalue weighted by atomic mass is 32.1. The molecule has 0 rings (SSSR count). The number of carbonyl (C=O) groups is 2. The Bertz CT molecular complexity index is 456. The molecule has 0 aromatic heterocycles. The molecular formula is C19H40N4O4S. The summed E-state index contributed by atoms with van der Waals surface area (Å²) in [5, 5.41) is 24.3. The summed E-state index contributed by atoms with van der Waals surface area (Å²) in [5.74, 6) is -0.473. The van der Waals surface area contributed by atoms with Crippen molar-refractivity contribution in [3.8, 4) is 0 Å². The van der Waals surface area contributed by atoms with Crippen molar-refractivity contribution in [2.45, 2.75) is 70.6 Å². The lowest BCUT2D eigenvalue weighted by Gasteiger charge is -2.34. The minimum Gasteiger partial charge on any atom is -0.480 e. The molecule has 0 heterocycles. The predicted molar refractivity (Wildman–Crippen MR) is 116 cm³/mol. The second-order valence-electron chi connectivity index (χ2n) is 7.50. The van der Waals surface area contributed by atoms with Gasteiger partial charge in [0.2, 0.25) is 5.91 Å². The lowest BCUT2D eigenvalue weighted by Crippen LogP contribution is -2.55. The van der Waals surface area contributed by atoms with Crippen LogP contribution in [-0.4, -0.2) is 83.7 Å². The molecule has 0 saturated heterocycles. The molecule has 0 bridgehead atoms. The zero-order chi connectivity index (χ0) is 21.7. The summed E-state index contributed by atoms with van der Waals surface area (Å²) in [7, 11) is 1.89. The van der Waals surface area contributed by atoms with Crippen LogP contribution in [0.15, 0.2) is 0 Å². The summed E-state index contributed by atoms with van der Waals surface area (Å²) in [4.78, 5) is 26.0. The molecule has 0 aromatic carbocycles. The van der Waals surface area contributed by atoms with Crippen LogP contribution in [0.25, 0.3) is 0 Å². The second-order valence-corrected chi connectivity index (χ2v) is 7.86. The number of hydrogen-bond acceptors (Lipinski definition) is 7. The highest BCUT2D eigenvalue weighted by Gasteiger charge is 2.29. The summed E-state index contributed by atoms with van der Waals surface area (Å²) in [6.45, 7) is 7.27. The molecular weight excluding hydrogens is 380 g/mol. The number of aliphatic hydroxyl groups is 1. The SMILES string of the molecule is CCC[C@H](C(=O)N[C@@H](CCO)C(=O)O)N(C)C[C@@H](NC[C@@H](N)CS)[C@@H](C)CC. The lowest BCUT2D eigenvalue weighted by molar-refractivity contribution is -0.143. The first-order chi connectivity index (χ1) is 13.2. The molecule has 6 N–H and O–H groups in total. The number of carboxylic acid groups (broad SMARTS) is 1. The van der Waals surface area contributed by atoms with Crippen molar-refractivity contribution in [2.24, 2.45) is 11.7 Å². The first-order valence-electron chi connectivity index (χ1n) is 10.2. The van der Waals surface area contributed by atoms with Gasteiger partial charge in [-0.15, -0.1) is 0 Å². The van der Waals surface area contributed by atoms with Crippen LogP contribution in [-0.2, 0) is 9.59 Å². The van der Waals surface area contributed by atoms with E-state index in [2.05, 4.69) is 37.1 Å². The highest BCUT2D eigenvalue weighted by Crippen LogP contribution is 2.13. The van der Waals surface area contributed by atoms with Crippen molar-refractivity contribution in [3.63, 3.8) is 0 Å². The molecule has 1 amide bonds. The van der Waals surface area contributed by atoms with E-state index in [-0.39, 0.29) is 31.0 Å². The van der Waals surface area contributed by atoms with E-state index in [1.165, 1.54) is 0 Å². The van der Waals surface area contributed by atoms with Gasteiger partial charge in [0.05, 0.1) is 6.04 Å². The summed E-state index contributed by atoms with van der Waals surface area (Å²) in [6, 6.07) is -1.40. The van der Waals surface area contributed by atoms with Crippen molar-refractivity contribution in [2.75, 3.05) is 32.5 Å². The van der Waals surface area contributed by atoms with Crippen molar-refractivity contribution in [1.82, 2.24) is 15.5 Å². The number of hydrogen-bond donors (Lipinski definition) is 6. The van der Waals surface area contributed by atoms with Crippen LogP contribution in [0.4, 0.5) is 0 Å². The first-order valence-corrected chi connectivity index (χ1v) is 10.8. The maximum atomic E-state index is 12.7. The fourth-order valence-corrected chi connectivity index (χ4v) is 3.14. The molecule has 0 aliphatic heterocycles. The maximum absolute atomic E-state index is 12.7. The molecule has 8 nitrogen and oxygen atoms in total. The van der Waals surface area contributed by atoms with Crippen molar-refractivity contribution < 1.29 is 19.8 Å². The van der Waals surface area contributed by atoms with Gasteiger partial charge in [0.1, 0.15) is 6.04 Å². The Morgan fingerprint density at radius 2 is 1.89 bits per heavy atom. The standard InChI is InChI=1S/C19H40N4O4S/c1-5-7-17(18(25)22-15(8-9-24)19(26)27)23(4)11-16(13(3)6-2)21-10-14(20)12-28/h13-17,21,24,28H,5-12,20H2,1-4H3,(H,22,25)(H,26,27)/t13-,14+,15-,16+,17+/m0/s1. The Balaban J connectivity index is 5.13. The normalized spacial score (nSPS) is 17.0. The van der Waals surface area contributed by atoms with Crippen LogP contribution < -0.4 is 16.4 Å². The van der Waals surface area contributed by atoms with Crippen molar-refractivity contribution >= 4 is 24.5 Å². The van der Waals surface area contributed by atoms with Gasteiger partial charge in [0, 0.05) is 44.0 Å². The van der Waals surface area contributed by atoms with E-state index in [4.69, 9.17) is 10.8 Å². The van der Waals surface area contributed by atoms with Gasteiger partial charge in [-0.2, -0.15) is 12.6 Å². The van der Waals surface area contributed by atoms with Gasteiger partial charge < -0.3 is 26.6 Å². The third kappa shape index (κ3) is 10.1. The Morgan fingerprint density at radius 3 is 2.36 bits per heavy atom. The highest BCUT2D eigenvalue weighted by molar-refractivity contribution is 7.80. The summed E-state index contributed by atoms with van der Waals surface area (Å²) in [6.07, 6.45) is 2.40. The van der Waals surface area contributed by atoms with Gasteiger partial charge in [-0.05, 0) is 19.4 Å². The number of carboxylic acids is 1. The van der Waals surface area contributed by atoms with E-state index in [0.717, 1.165) is 12.8 Å². The summed E-state index contributed by atoms with van der Waals surface area (Å²) >= 11 is 4.22. The Hall–Kier alpha value is -0.870. The molecule has 0 spiro atoms. The molecule has 0 aliphatic rings. The van der Waals surface area contributed by atoms with Crippen molar-refractivity contribution in [3.05, 3.63) is 0 Å². The van der Waals surface area contributed by atoms with Crippen LogP contribution in [0.1, 0.15) is 46.5 Å². The molecule has 0 unspecified atom stereocenters. The molecule has 0 saturated carbocycles. The zero-order valence-corrected chi connectivity index (χ0v) is 18.6. The van der Waals surface area contributed by atoms with E-state index in [0.29, 0.717) is 31.2 Å². The molecule has 0 fully saturated rings. The average Bonchev–Trinajstić information content (AvgIpc) is 2.67. The lowest BCUT2D eigenvalue weighted by atomic mass is 9.97. The summed E-state index contributed by atoms with van der Waals surface area (Å²) in [5.41, 5.74) is 5.97. The van der Waals surface area contributed by atoms with E-state index >= 15 is 0 Å². The summed E-state index contributed by atoms with van der Waals surface area (Å²) < 4.78 is 0. The molecule has 5 atom stereocenters. The van der Waals surface area contributed by atoms with Gasteiger partial charge in [0.15, 0.2) is 0 Å². The third-order valence-corrected chi connectivity index (χ3v) is 5.59. The number of rotatable bonds is 16. The topological polar surface area (TPSA) is 128 Å². The minimum absolute atomic E-state index is 0.0116. The zero-order valence-electron chi connectivity index (χ0n) is 17.7. The number of nitrogens with two attached hydrogens (primary N) is 1. The molecule has 0 radical (unpaired) electrons. The van der Waals surface area contributed by atoms with Crippen molar-refractivity contribution in [1.29, 1.82) is 0 Å². The number of amides is 1. The number of aliphatic hydroxyl groups excluding tert-OH is 1. The molecule has 9 heteroatoms. The predicted octanol–water partition coefficient (Wildman–Crippen LogP) is 0.300. The molecule has 0 aromatic rings. The minimum atomic E-state index is -1.14. The van der Waals surface area contributed by atoms with Gasteiger partial charge in [-0.25, -0.2) is 4.79 Å². The number of nitrogens with one attached hydrogen (secondary N) is 2. The molecule has 28 heavy (non-hydrogen) atoms. The van der Waals surface area contributed by atoms with E-state index in [1.54, 1.807) is 0 Å². The van der Waals surface area contributed by atoms with Crippen LogP contribution >= 0.6 is 12.6 Å². The van der Waals surface area contributed by atoms with Gasteiger partial charge in [-0.1, -0.05) is 33.6 Å². The maximum Gasteiger partial charge on any atom is 0.326 e. The van der Waals surface area contributed by atoms with E-state index in [1.807, 2.05) is 18.9 Å². The number of thiol groups is 1. The van der Waals surface area contributed by atoms with E-state index in [9.17, 15) is 14.7 Å². The number of nitrogens with zero attached hydrogens (tertiary/aromatic N) is 1. The Kier molecular flexibility index (Phi) is 14.6. The third-order valence-electron chi connectivity index (χ3n) is 5.12. The van der Waals surface area contributed by atoms with Gasteiger partial charge in [-0.3, -0.25) is 9.69 Å². The largest absolute Gasteiger partial charge is 0.480 e. The van der Waals surface area contributed by atoms with Crippen LogP contribution in [0.5, 0.6) is 0 Å². The Morgan fingerprint density at radius 1 is 1.25 bits per heavy atom.